The van der Waals surface area contributed by atoms with E-state index in [1.807, 2.05) is 6.08 Å². The molecule has 1 aliphatic carbocycles. The average Bonchev–Trinajstić information content (AvgIpc) is 2.50. The van der Waals surface area contributed by atoms with Gasteiger partial charge in [0.15, 0.2) is 0 Å². The van der Waals surface area contributed by atoms with Crippen LogP contribution in [0.1, 0.15) is 38.5 Å². The van der Waals surface area contributed by atoms with Crippen LogP contribution in [0.2, 0.25) is 0 Å². The van der Waals surface area contributed by atoms with Gasteiger partial charge in [-0.3, -0.25) is 0 Å². The molecule has 0 heterocycles. The molecule has 5 heteroatoms. The highest BCUT2D eigenvalue weighted by Gasteiger charge is 2.26. The molecule has 0 aliphatic heterocycles. The van der Waals surface area contributed by atoms with Crippen molar-refractivity contribution in [1.82, 2.24) is 9.80 Å². The third kappa shape index (κ3) is 7.27. The molecule has 0 spiro atoms. The van der Waals surface area contributed by atoms with Crippen LogP contribution in [-0.2, 0) is 4.74 Å². The highest BCUT2D eigenvalue weighted by atomic mass is 16.5. The molecular weight excluding hydrogens is 280 g/mol. The average molecular weight is 312 g/mol. The molecule has 0 aromatic rings. The summed E-state index contributed by atoms with van der Waals surface area (Å²) in [6.45, 7) is 7.41. The van der Waals surface area contributed by atoms with Gasteiger partial charge in [-0.2, -0.15) is 0 Å². The lowest BCUT2D eigenvalue weighted by molar-refractivity contribution is 0.0649. The first kappa shape index (κ1) is 19.0. The largest absolute Gasteiger partial charge is 0.465 e. The van der Waals surface area contributed by atoms with Gasteiger partial charge < -0.3 is 19.6 Å². The van der Waals surface area contributed by atoms with Crippen molar-refractivity contribution >= 4 is 6.09 Å². The van der Waals surface area contributed by atoms with Gasteiger partial charge in [-0.15, -0.1) is 6.58 Å². The van der Waals surface area contributed by atoms with Crippen LogP contribution in [0.5, 0.6) is 0 Å². The van der Waals surface area contributed by atoms with Gasteiger partial charge in [0.1, 0.15) is 0 Å². The Morgan fingerprint density at radius 1 is 1.27 bits per heavy atom. The number of carbonyl (C=O) groups is 1. The molecule has 0 unspecified atom stereocenters. The molecule has 128 valence electrons. The van der Waals surface area contributed by atoms with Crippen molar-refractivity contribution in [2.75, 3.05) is 40.4 Å². The number of hydrogen-bond donors (Lipinski definition) is 1. The number of carboxylic acid groups (broad SMARTS) is 1. The van der Waals surface area contributed by atoms with Crippen LogP contribution in [0, 0.1) is 5.92 Å². The third-order valence-electron chi connectivity index (χ3n) is 4.54. The minimum atomic E-state index is -0.818. The summed E-state index contributed by atoms with van der Waals surface area (Å²) >= 11 is 0. The maximum atomic E-state index is 10.9. The van der Waals surface area contributed by atoms with Crippen LogP contribution >= 0.6 is 0 Å². The molecule has 22 heavy (non-hydrogen) atoms. The van der Waals surface area contributed by atoms with Crippen molar-refractivity contribution in [3.8, 4) is 0 Å². The lowest BCUT2D eigenvalue weighted by Crippen LogP contribution is -2.39. The van der Waals surface area contributed by atoms with E-state index in [0.717, 1.165) is 64.8 Å². The molecule has 1 fully saturated rings. The topological polar surface area (TPSA) is 53.0 Å². The first-order chi connectivity index (χ1) is 10.5. The van der Waals surface area contributed by atoms with Gasteiger partial charge in [0.05, 0.1) is 0 Å². The van der Waals surface area contributed by atoms with Crippen molar-refractivity contribution in [3.05, 3.63) is 12.7 Å². The Kier molecular flexibility index (Phi) is 9.16. The minimum absolute atomic E-state index is 0.189. The molecule has 1 N–H and O–H groups in total. The van der Waals surface area contributed by atoms with E-state index in [1.54, 1.807) is 7.05 Å². The van der Waals surface area contributed by atoms with E-state index in [1.165, 1.54) is 4.90 Å². The molecule has 1 saturated carbocycles. The van der Waals surface area contributed by atoms with Gasteiger partial charge in [0.25, 0.3) is 0 Å². The fraction of sp³-hybridized carbons (Fsp3) is 0.824. The van der Waals surface area contributed by atoms with Gasteiger partial charge >= 0.3 is 6.09 Å². The molecule has 1 rings (SSSR count). The zero-order valence-corrected chi connectivity index (χ0v) is 14.2. The SMILES string of the molecule is C=CCN(C)CCCCOCC1CCC(N(C)C(=O)O)CC1. The predicted octanol–water partition coefficient (Wildman–Crippen LogP) is 3.07. The highest BCUT2D eigenvalue weighted by molar-refractivity contribution is 5.64. The van der Waals surface area contributed by atoms with Crippen molar-refractivity contribution in [2.24, 2.45) is 5.92 Å². The summed E-state index contributed by atoms with van der Waals surface area (Å²) in [4.78, 5) is 14.6. The number of likely N-dealkylation sites (N-methyl/N-ethyl adjacent to an activating group) is 1. The smallest absolute Gasteiger partial charge is 0.407 e. The van der Waals surface area contributed by atoms with E-state index < -0.39 is 6.09 Å². The summed E-state index contributed by atoms with van der Waals surface area (Å²) in [6.07, 6.45) is 7.43. The number of rotatable bonds is 10. The summed E-state index contributed by atoms with van der Waals surface area (Å²) in [7, 11) is 3.78. The summed E-state index contributed by atoms with van der Waals surface area (Å²) in [5.74, 6) is 0.599. The summed E-state index contributed by atoms with van der Waals surface area (Å²) in [5, 5.41) is 8.99. The van der Waals surface area contributed by atoms with Crippen LogP contribution in [0.15, 0.2) is 12.7 Å². The van der Waals surface area contributed by atoms with Crippen molar-refractivity contribution in [2.45, 2.75) is 44.6 Å². The fourth-order valence-corrected chi connectivity index (χ4v) is 3.00. The zero-order chi connectivity index (χ0) is 16.4. The van der Waals surface area contributed by atoms with Gasteiger partial charge in [-0.25, -0.2) is 4.79 Å². The maximum absolute atomic E-state index is 10.9. The molecule has 0 saturated heterocycles. The lowest BCUT2D eigenvalue weighted by atomic mass is 9.86. The van der Waals surface area contributed by atoms with Crippen molar-refractivity contribution in [3.63, 3.8) is 0 Å². The normalized spacial score (nSPS) is 21.8. The van der Waals surface area contributed by atoms with Crippen LogP contribution in [0.25, 0.3) is 0 Å². The first-order valence-electron chi connectivity index (χ1n) is 8.37. The monoisotopic (exact) mass is 312 g/mol. The molecule has 1 aliphatic rings. The summed E-state index contributed by atoms with van der Waals surface area (Å²) < 4.78 is 5.79. The second-order valence-electron chi connectivity index (χ2n) is 6.40. The van der Waals surface area contributed by atoms with Crippen LogP contribution < -0.4 is 0 Å². The minimum Gasteiger partial charge on any atom is -0.465 e. The number of hydrogen-bond acceptors (Lipinski definition) is 3. The Hall–Kier alpha value is -1.07. The highest BCUT2D eigenvalue weighted by Crippen LogP contribution is 2.27. The number of unbranched alkanes of at least 4 members (excludes halogenated alkanes) is 1. The predicted molar refractivity (Wildman–Crippen MR) is 89.3 cm³/mol. The first-order valence-corrected chi connectivity index (χ1v) is 8.37. The van der Waals surface area contributed by atoms with Crippen LogP contribution in [-0.4, -0.2) is 67.4 Å². The Balaban J connectivity index is 2.01. The van der Waals surface area contributed by atoms with Gasteiger partial charge in [-0.05, 0) is 58.0 Å². The van der Waals surface area contributed by atoms with Gasteiger partial charge in [0, 0.05) is 32.8 Å². The third-order valence-corrected chi connectivity index (χ3v) is 4.54. The van der Waals surface area contributed by atoms with Crippen LogP contribution in [0.4, 0.5) is 4.79 Å². The maximum Gasteiger partial charge on any atom is 0.407 e. The van der Waals surface area contributed by atoms with E-state index in [-0.39, 0.29) is 6.04 Å². The molecule has 0 atom stereocenters. The van der Waals surface area contributed by atoms with Gasteiger partial charge in [0.2, 0.25) is 0 Å². The molecule has 0 aromatic heterocycles. The van der Waals surface area contributed by atoms with Crippen molar-refractivity contribution < 1.29 is 14.6 Å². The molecular formula is C17H32N2O3. The number of ether oxygens (including phenoxy) is 1. The number of nitrogens with zero attached hydrogens (tertiary/aromatic N) is 2. The quantitative estimate of drug-likeness (QED) is 0.497. The molecule has 0 aromatic carbocycles. The molecule has 0 radical (unpaired) electrons. The molecule has 0 bridgehead atoms. The lowest BCUT2D eigenvalue weighted by Gasteiger charge is -2.33. The van der Waals surface area contributed by atoms with Crippen LogP contribution in [0.3, 0.4) is 0 Å². The molecule has 5 nitrogen and oxygen atoms in total. The Morgan fingerprint density at radius 2 is 1.95 bits per heavy atom. The summed E-state index contributed by atoms with van der Waals surface area (Å²) in [6, 6.07) is 0.189. The van der Waals surface area contributed by atoms with E-state index in [0.29, 0.717) is 5.92 Å². The number of amides is 1. The standard InChI is InChI=1S/C17H32N2O3/c1-4-11-18(2)12-5-6-13-22-14-15-7-9-16(10-8-15)19(3)17(20)21/h4,15-16H,1,5-14H2,2-3H3,(H,20,21). The Labute approximate surface area is 134 Å². The summed E-state index contributed by atoms with van der Waals surface area (Å²) in [5.41, 5.74) is 0. The fourth-order valence-electron chi connectivity index (χ4n) is 3.00. The Morgan fingerprint density at radius 3 is 2.55 bits per heavy atom. The van der Waals surface area contributed by atoms with E-state index >= 15 is 0 Å². The Bertz CT molecular complexity index is 328. The zero-order valence-electron chi connectivity index (χ0n) is 14.2. The molecule has 1 amide bonds. The van der Waals surface area contributed by atoms with E-state index in [2.05, 4.69) is 18.5 Å². The van der Waals surface area contributed by atoms with E-state index in [9.17, 15) is 4.79 Å². The second kappa shape index (κ2) is 10.6. The van der Waals surface area contributed by atoms with Gasteiger partial charge in [-0.1, -0.05) is 6.08 Å². The second-order valence-corrected chi connectivity index (χ2v) is 6.40. The van der Waals surface area contributed by atoms with E-state index in [4.69, 9.17) is 9.84 Å². The van der Waals surface area contributed by atoms with Crippen molar-refractivity contribution in [1.29, 1.82) is 0 Å².